The van der Waals surface area contributed by atoms with Gasteiger partial charge in [-0.25, -0.2) is 4.98 Å². The van der Waals surface area contributed by atoms with E-state index in [4.69, 9.17) is 5.26 Å². The van der Waals surface area contributed by atoms with Gasteiger partial charge in [0.1, 0.15) is 17.6 Å². The lowest BCUT2D eigenvalue weighted by atomic mass is 10.3. The van der Waals surface area contributed by atoms with Crippen molar-refractivity contribution in [3.8, 4) is 6.07 Å². The normalized spacial score (nSPS) is 16.6. The zero-order chi connectivity index (χ0) is 13.7. The summed E-state index contributed by atoms with van der Waals surface area (Å²) in [6, 6.07) is 7.73. The van der Waals surface area contributed by atoms with E-state index >= 15 is 0 Å². The van der Waals surface area contributed by atoms with E-state index in [2.05, 4.69) is 39.8 Å². The minimum atomic E-state index is 0.493. The maximum atomic E-state index is 8.88. The fourth-order valence-electron chi connectivity index (χ4n) is 2.20. The lowest BCUT2D eigenvalue weighted by molar-refractivity contribution is 0.229. The fourth-order valence-corrected chi connectivity index (χ4v) is 2.20. The van der Waals surface area contributed by atoms with Crippen molar-refractivity contribution in [2.75, 3.05) is 58.3 Å². The topological polar surface area (TPSA) is 46.4 Å². The second-order valence-electron chi connectivity index (χ2n) is 5.12. The number of aromatic nitrogens is 1. The lowest BCUT2D eigenvalue weighted by Gasteiger charge is -2.35. The molecule has 1 aromatic rings. The standard InChI is InChI=1S/C14H21N5/c1-17(2)6-7-18-8-10-19(11-9-18)14-5-3-4-13(12-15)16-14/h3-5H,6-11H2,1-2H3. The zero-order valence-corrected chi connectivity index (χ0v) is 11.7. The van der Waals surface area contributed by atoms with Gasteiger partial charge in [0.25, 0.3) is 0 Å². The van der Waals surface area contributed by atoms with Crippen LogP contribution in [0, 0.1) is 11.3 Å². The minimum absolute atomic E-state index is 0.493. The third-order valence-corrected chi connectivity index (χ3v) is 3.41. The summed E-state index contributed by atoms with van der Waals surface area (Å²) in [6.07, 6.45) is 0. The first-order valence-corrected chi connectivity index (χ1v) is 6.68. The Balaban J connectivity index is 1.87. The van der Waals surface area contributed by atoms with E-state index in [0.29, 0.717) is 5.69 Å². The number of pyridine rings is 1. The van der Waals surface area contributed by atoms with Gasteiger partial charge >= 0.3 is 0 Å². The molecule has 1 aliphatic heterocycles. The summed E-state index contributed by atoms with van der Waals surface area (Å²) in [5, 5.41) is 8.88. The van der Waals surface area contributed by atoms with E-state index in [1.54, 1.807) is 6.07 Å². The number of likely N-dealkylation sites (N-methyl/N-ethyl adjacent to an activating group) is 1. The van der Waals surface area contributed by atoms with Crippen molar-refractivity contribution >= 4 is 5.82 Å². The van der Waals surface area contributed by atoms with Crippen LogP contribution in [0.15, 0.2) is 18.2 Å². The Labute approximate surface area is 115 Å². The highest BCUT2D eigenvalue weighted by molar-refractivity contribution is 5.42. The van der Waals surface area contributed by atoms with Crippen molar-refractivity contribution in [3.05, 3.63) is 23.9 Å². The summed E-state index contributed by atoms with van der Waals surface area (Å²) >= 11 is 0. The molecule has 0 saturated carbocycles. The van der Waals surface area contributed by atoms with Crippen LogP contribution in [0.5, 0.6) is 0 Å². The molecule has 1 fully saturated rings. The summed E-state index contributed by atoms with van der Waals surface area (Å²) in [5.41, 5.74) is 0.493. The molecule has 0 aliphatic carbocycles. The Morgan fingerprint density at radius 2 is 2.00 bits per heavy atom. The molecule has 0 spiro atoms. The molecule has 0 radical (unpaired) electrons. The molecule has 1 aliphatic rings. The van der Waals surface area contributed by atoms with E-state index < -0.39 is 0 Å². The molecule has 5 nitrogen and oxygen atoms in total. The van der Waals surface area contributed by atoms with Gasteiger partial charge in [0.05, 0.1) is 0 Å². The maximum Gasteiger partial charge on any atom is 0.142 e. The number of piperazine rings is 1. The molecule has 0 bridgehead atoms. The molecule has 0 unspecified atom stereocenters. The van der Waals surface area contributed by atoms with E-state index in [0.717, 1.165) is 45.1 Å². The molecule has 5 heteroatoms. The van der Waals surface area contributed by atoms with Crippen molar-refractivity contribution in [1.29, 1.82) is 5.26 Å². The van der Waals surface area contributed by atoms with Crippen LogP contribution in [0.2, 0.25) is 0 Å². The van der Waals surface area contributed by atoms with Crippen molar-refractivity contribution in [2.24, 2.45) is 0 Å². The second-order valence-corrected chi connectivity index (χ2v) is 5.12. The molecule has 1 aromatic heterocycles. The van der Waals surface area contributed by atoms with Gasteiger partial charge in [0, 0.05) is 39.3 Å². The van der Waals surface area contributed by atoms with Crippen LogP contribution < -0.4 is 4.90 Å². The summed E-state index contributed by atoms with van der Waals surface area (Å²) in [6.45, 7) is 6.30. The molecule has 19 heavy (non-hydrogen) atoms. The average molecular weight is 259 g/mol. The van der Waals surface area contributed by atoms with Gasteiger partial charge in [-0.3, -0.25) is 4.90 Å². The third kappa shape index (κ3) is 3.91. The first-order valence-electron chi connectivity index (χ1n) is 6.68. The highest BCUT2D eigenvalue weighted by Crippen LogP contribution is 2.13. The lowest BCUT2D eigenvalue weighted by Crippen LogP contribution is -2.48. The highest BCUT2D eigenvalue weighted by atomic mass is 15.3. The molecule has 0 amide bonds. The van der Waals surface area contributed by atoms with Gasteiger partial charge in [-0.05, 0) is 26.2 Å². The second kappa shape index (κ2) is 6.50. The van der Waals surface area contributed by atoms with Crippen LogP contribution in [0.1, 0.15) is 5.69 Å². The number of nitrogens with zero attached hydrogens (tertiary/aromatic N) is 5. The summed E-state index contributed by atoms with van der Waals surface area (Å²) in [4.78, 5) is 11.3. The van der Waals surface area contributed by atoms with Gasteiger partial charge in [0.2, 0.25) is 0 Å². The van der Waals surface area contributed by atoms with Crippen LogP contribution in [0.3, 0.4) is 0 Å². The van der Waals surface area contributed by atoms with E-state index in [-0.39, 0.29) is 0 Å². The largest absolute Gasteiger partial charge is 0.354 e. The van der Waals surface area contributed by atoms with Crippen molar-refractivity contribution in [1.82, 2.24) is 14.8 Å². The summed E-state index contributed by atoms with van der Waals surface area (Å²) < 4.78 is 0. The highest BCUT2D eigenvalue weighted by Gasteiger charge is 2.17. The average Bonchev–Trinajstić information content (AvgIpc) is 2.45. The van der Waals surface area contributed by atoms with Crippen molar-refractivity contribution < 1.29 is 0 Å². The van der Waals surface area contributed by atoms with Crippen LogP contribution in [-0.4, -0.2) is 68.1 Å². The summed E-state index contributed by atoms with van der Waals surface area (Å²) in [7, 11) is 4.21. The van der Waals surface area contributed by atoms with Crippen molar-refractivity contribution in [3.63, 3.8) is 0 Å². The molecule has 0 N–H and O–H groups in total. The van der Waals surface area contributed by atoms with Crippen LogP contribution >= 0.6 is 0 Å². The van der Waals surface area contributed by atoms with Gasteiger partial charge in [-0.1, -0.05) is 6.07 Å². The Morgan fingerprint density at radius 1 is 1.26 bits per heavy atom. The zero-order valence-electron chi connectivity index (χ0n) is 11.7. The number of nitriles is 1. The van der Waals surface area contributed by atoms with Crippen LogP contribution in [0.25, 0.3) is 0 Å². The molecular formula is C14H21N5. The number of hydrogen-bond donors (Lipinski definition) is 0. The minimum Gasteiger partial charge on any atom is -0.354 e. The third-order valence-electron chi connectivity index (χ3n) is 3.41. The molecule has 2 heterocycles. The van der Waals surface area contributed by atoms with Crippen LogP contribution in [0.4, 0.5) is 5.82 Å². The van der Waals surface area contributed by atoms with Gasteiger partial charge in [-0.2, -0.15) is 5.26 Å². The van der Waals surface area contributed by atoms with Gasteiger partial charge in [-0.15, -0.1) is 0 Å². The first-order chi connectivity index (χ1) is 9.19. The molecule has 1 saturated heterocycles. The van der Waals surface area contributed by atoms with E-state index in [1.807, 2.05) is 12.1 Å². The Hall–Kier alpha value is -1.64. The predicted octanol–water partition coefficient (Wildman–Crippen LogP) is 0.637. The monoisotopic (exact) mass is 259 g/mol. The van der Waals surface area contributed by atoms with Crippen LogP contribution in [-0.2, 0) is 0 Å². The van der Waals surface area contributed by atoms with Crippen molar-refractivity contribution in [2.45, 2.75) is 0 Å². The first kappa shape index (κ1) is 13.8. The molecule has 0 atom stereocenters. The number of anilines is 1. The Bertz CT molecular complexity index is 443. The SMILES string of the molecule is CN(C)CCN1CCN(c2cccc(C#N)n2)CC1. The maximum absolute atomic E-state index is 8.88. The van der Waals surface area contributed by atoms with Gasteiger partial charge < -0.3 is 9.80 Å². The number of hydrogen-bond acceptors (Lipinski definition) is 5. The molecule has 2 rings (SSSR count). The smallest absolute Gasteiger partial charge is 0.142 e. The van der Waals surface area contributed by atoms with Gasteiger partial charge in [0.15, 0.2) is 0 Å². The molecule has 0 aromatic carbocycles. The van der Waals surface area contributed by atoms with E-state index in [1.165, 1.54) is 0 Å². The summed E-state index contributed by atoms with van der Waals surface area (Å²) in [5.74, 6) is 0.923. The quantitative estimate of drug-likeness (QED) is 0.794. The predicted molar refractivity (Wildman–Crippen MR) is 76.2 cm³/mol. The Morgan fingerprint density at radius 3 is 2.63 bits per heavy atom. The number of rotatable bonds is 4. The molecule has 102 valence electrons. The van der Waals surface area contributed by atoms with E-state index in [9.17, 15) is 0 Å². The fraction of sp³-hybridized carbons (Fsp3) is 0.571. The molecular weight excluding hydrogens is 238 g/mol. The Kier molecular flexibility index (Phi) is 4.72.